The molecule has 1 aromatic carbocycles. The highest BCUT2D eigenvalue weighted by Gasteiger charge is 2.32. The lowest BCUT2D eigenvalue weighted by Crippen LogP contribution is -2.39. The molecule has 1 fully saturated rings. The van der Waals surface area contributed by atoms with Crippen LogP contribution in [0.4, 0.5) is 10.5 Å². The first-order chi connectivity index (χ1) is 10.0. The number of carbonyl (C=O) groups excluding carboxylic acids is 1. The Morgan fingerprint density at radius 2 is 2.14 bits per heavy atom. The van der Waals surface area contributed by atoms with Gasteiger partial charge in [-0.1, -0.05) is 0 Å². The predicted octanol–water partition coefficient (Wildman–Crippen LogP) is 2.34. The molecule has 114 valence electrons. The van der Waals surface area contributed by atoms with Crippen molar-refractivity contribution in [3.63, 3.8) is 0 Å². The maximum Gasteiger partial charge on any atom is 0.335 e. The van der Waals surface area contributed by atoms with Gasteiger partial charge in [0.2, 0.25) is 0 Å². The fourth-order valence-electron chi connectivity index (χ4n) is 2.20. The van der Waals surface area contributed by atoms with Crippen molar-refractivity contribution in [2.24, 2.45) is 0 Å². The topological polar surface area (TPSA) is 78.9 Å². The minimum Gasteiger partial charge on any atom is -0.478 e. The van der Waals surface area contributed by atoms with E-state index in [9.17, 15) is 9.59 Å². The van der Waals surface area contributed by atoms with Gasteiger partial charge in [0, 0.05) is 25.4 Å². The average Bonchev–Trinajstić information content (AvgIpc) is 3.23. The molecule has 1 aliphatic rings. The zero-order valence-corrected chi connectivity index (χ0v) is 12.3. The van der Waals surface area contributed by atoms with Gasteiger partial charge >= 0.3 is 12.0 Å². The number of aromatic carboxylic acids is 1. The summed E-state index contributed by atoms with van der Waals surface area (Å²) in [5.74, 6) is -0.968. The summed E-state index contributed by atoms with van der Waals surface area (Å²) in [6.07, 6.45) is 2.04. The number of aryl methyl sites for hydroxylation is 1. The van der Waals surface area contributed by atoms with Crippen LogP contribution in [-0.2, 0) is 4.74 Å². The Morgan fingerprint density at radius 1 is 1.43 bits per heavy atom. The number of benzene rings is 1. The van der Waals surface area contributed by atoms with E-state index in [1.165, 1.54) is 6.07 Å². The number of urea groups is 1. The Balaban J connectivity index is 2.04. The van der Waals surface area contributed by atoms with Gasteiger partial charge < -0.3 is 20.1 Å². The van der Waals surface area contributed by atoms with Crippen LogP contribution in [-0.4, -0.2) is 48.3 Å². The molecule has 2 rings (SSSR count). The lowest BCUT2D eigenvalue weighted by molar-refractivity contribution is 0.0696. The second-order valence-corrected chi connectivity index (χ2v) is 5.18. The van der Waals surface area contributed by atoms with Gasteiger partial charge in [0.1, 0.15) is 0 Å². The van der Waals surface area contributed by atoms with E-state index in [1.54, 1.807) is 31.1 Å². The monoisotopic (exact) mass is 292 g/mol. The third-order valence-electron chi connectivity index (χ3n) is 3.49. The molecule has 0 bridgehead atoms. The third-order valence-corrected chi connectivity index (χ3v) is 3.49. The van der Waals surface area contributed by atoms with E-state index in [-0.39, 0.29) is 11.6 Å². The summed E-state index contributed by atoms with van der Waals surface area (Å²) in [6, 6.07) is 4.90. The summed E-state index contributed by atoms with van der Waals surface area (Å²) in [6.45, 7) is 2.77. The quantitative estimate of drug-likeness (QED) is 0.843. The minimum absolute atomic E-state index is 0.169. The van der Waals surface area contributed by atoms with E-state index in [0.717, 1.165) is 12.8 Å². The Hall–Kier alpha value is -2.08. The number of nitrogens with one attached hydrogen (secondary N) is 1. The highest BCUT2D eigenvalue weighted by Crippen LogP contribution is 2.27. The average molecular weight is 292 g/mol. The van der Waals surface area contributed by atoms with Gasteiger partial charge in [0.05, 0.1) is 12.2 Å². The van der Waals surface area contributed by atoms with Crippen molar-refractivity contribution in [3.8, 4) is 0 Å². The molecule has 0 aliphatic heterocycles. The molecular weight excluding hydrogens is 272 g/mol. The number of carbonyl (C=O) groups is 2. The molecule has 0 spiro atoms. The van der Waals surface area contributed by atoms with Gasteiger partial charge in [-0.3, -0.25) is 0 Å². The van der Waals surface area contributed by atoms with Crippen molar-refractivity contribution < 1.29 is 19.4 Å². The molecule has 0 saturated heterocycles. The van der Waals surface area contributed by atoms with Crippen LogP contribution in [0, 0.1) is 6.92 Å². The number of hydrogen-bond acceptors (Lipinski definition) is 3. The number of carboxylic acid groups (broad SMARTS) is 1. The molecule has 1 aromatic rings. The summed E-state index contributed by atoms with van der Waals surface area (Å²) >= 11 is 0. The molecule has 6 nitrogen and oxygen atoms in total. The zero-order valence-electron chi connectivity index (χ0n) is 12.3. The second kappa shape index (κ2) is 6.58. The highest BCUT2D eigenvalue weighted by molar-refractivity contribution is 5.93. The van der Waals surface area contributed by atoms with Gasteiger partial charge in [-0.05, 0) is 43.5 Å². The van der Waals surface area contributed by atoms with Crippen LogP contribution in [0.5, 0.6) is 0 Å². The molecule has 0 radical (unpaired) electrons. The first-order valence-corrected chi connectivity index (χ1v) is 6.93. The molecule has 2 amide bonds. The van der Waals surface area contributed by atoms with Crippen LogP contribution in [0.15, 0.2) is 18.2 Å². The number of methoxy groups -OCH3 is 1. The van der Waals surface area contributed by atoms with Gasteiger partial charge in [-0.15, -0.1) is 0 Å². The lowest BCUT2D eigenvalue weighted by atomic mass is 10.1. The number of hydrogen-bond donors (Lipinski definition) is 2. The van der Waals surface area contributed by atoms with Crippen LogP contribution in [0.1, 0.15) is 28.8 Å². The Morgan fingerprint density at radius 3 is 2.67 bits per heavy atom. The molecule has 1 aliphatic carbocycles. The number of nitrogens with zero attached hydrogens (tertiary/aromatic N) is 1. The zero-order chi connectivity index (χ0) is 15.4. The first kappa shape index (κ1) is 15.3. The minimum atomic E-state index is -0.968. The van der Waals surface area contributed by atoms with E-state index in [4.69, 9.17) is 9.84 Å². The van der Waals surface area contributed by atoms with E-state index in [1.807, 2.05) is 0 Å². The van der Waals surface area contributed by atoms with Crippen LogP contribution in [0.25, 0.3) is 0 Å². The fraction of sp³-hybridized carbons (Fsp3) is 0.467. The smallest absolute Gasteiger partial charge is 0.335 e. The van der Waals surface area contributed by atoms with E-state index >= 15 is 0 Å². The fourth-order valence-corrected chi connectivity index (χ4v) is 2.20. The normalized spacial score (nSPS) is 13.8. The highest BCUT2D eigenvalue weighted by atomic mass is 16.5. The molecular formula is C15H20N2O4. The van der Waals surface area contributed by atoms with Crippen LogP contribution in [0.2, 0.25) is 0 Å². The molecule has 21 heavy (non-hydrogen) atoms. The molecule has 0 aromatic heterocycles. The molecule has 2 N–H and O–H groups in total. The molecule has 1 saturated carbocycles. The van der Waals surface area contributed by atoms with Crippen molar-refractivity contribution in [3.05, 3.63) is 29.3 Å². The van der Waals surface area contributed by atoms with Crippen LogP contribution >= 0.6 is 0 Å². The first-order valence-electron chi connectivity index (χ1n) is 6.93. The number of rotatable bonds is 6. The third kappa shape index (κ3) is 3.95. The summed E-state index contributed by atoms with van der Waals surface area (Å²) < 4.78 is 5.02. The van der Waals surface area contributed by atoms with Crippen molar-refractivity contribution >= 4 is 17.7 Å². The van der Waals surface area contributed by atoms with Gasteiger partial charge in [-0.2, -0.15) is 0 Å². The van der Waals surface area contributed by atoms with E-state index < -0.39 is 5.97 Å². The van der Waals surface area contributed by atoms with Crippen molar-refractivity contribution in [1.29, 1.82) is 0 Å². The Kier molecular flexibility index (Phi) is 4.80. The summed E-state index contributed by atoms with van der Waals surface area (Å²) in [5.41, 5.74) is 1.46. The largest absolute Gasteiger partial charge is 0.478 e. The molecule has 0 unspecified atom stereocenters. The number of carboxylic acids is 1. The summed E-state index contributed by atoms with van der Waals surface area (Å²) in [4.78, 5) is 25.0. The molecule has 0 heterocycles. The van der Waals surface area contributed by atoms with Gasteiger partial charge in [-0.25, -0.2) is 9.59 Å². The summed E-state index contributed by atoms with van der Waals surface area (Å²) in [7, 11) is 1.61. The van der Waals surface area contributed by atoms with Crippen molar-refractivity contribution in [2.45, 2.75) is 25.8 Å². The number of ether oxygens (including phenoxy) is 1. The second-order valence-electron chi connectivity index (χ2n) is 5.18. The Labute approximate surface area is 123 Å². The van der Waals surface area contributed by atoms with E-state index in [0.29, 0.717) is 30.4 Å². The van der Waals surface area contributed by atoms with Gasteiger partial charge in [0.25, 0.3) is 0 Å². The SMILES string of the molecule is COCCN(C(=O)Nc1ccc(C(=O)O)c(C)c1)C1CC1. The van der Waals surface area contributed by atoms with Crippen molar-refractivity contribution in [2.75, 3.05) is 25.6 Å². The maximum absolute atomic E-state index is 12.3. The van der Waals surface area contributed by atoms with E-state index in [2.05, 4.69) is 5.32 Å². The predicted molar refractivity (Wildman–Crippen MR) is 78.8 cm³/mol. The number of amides is 2. The maximum atomic E-state index is 12.3. The van der Waals surface area contributed by atoms with Crippen LogP contribution < -0.4 is 5.32 Å². The lowest BCUT2D eigenvalue weighted by Gasteiger charge is -2.22. The van der Waals surface area contributed by atoms with Gasteiger partial charge in [0.15, 0.2) is 0 Å². The summed E-state index contributed by atoms with van der Waals surface area (Å²) in [5, 5.41) is 11.8. The van der Waals surface area contributed by atoms with Crippen molar-refractivity contribution in [1.82, 2.24) is 4.90 Å². The molecule has 0 atom stereocenters. The Bertz CT molecular complexity index is 540. The van der Waals surface area contributed by atoms with Crippen LogP contribution in [0.3, 0.4) is 0 Å². The molecule has 6 heteroatoms. The number of anilines is 1. The standard InChI is InChI=1S/C15H20N2O4/c1-10-9-11(3-6-13(10)14(18)19)16-15(20)17(7-8-21-2)12-4-5-12/h3,6,9,12H,4-5,7-8H2,1-2H3,(H,16,20)(H,18,19).